The predicted octanol–water partition coefficient (Wildman–Crippen LogP) is 17.8. The minimum atomic E-state index is 0. The van der Waals surface area contributed by atoms with E-state index in [1.54, 1.807) is 0 Å². The van der Waals surface area contributed by atoms with Crippen molar-refractivity contribution in [1.29, 1.82) is 0 Å². The molecular formula is C69H49IrN3-2. The maximum Gasteiger partial charge on any atom is 0.0702 e. The zero-order chi connectivity index (χ0) is 48.6. The molecule has 0 aliphatic heterocycles. The molecule has 0 spiro atoms. The van der Waals surface area contributed by atoms with Crippen molar-refractivity contribution in [2.45, 2.75) is 0 Å². The van der Waals surface area contributed by atoms with Gasteiger partial charge in [0.15, 0.2) is 0 Å². The van der Waals surface area contributed by atoms with Crippen LogP contribution in [-0.2, 0) is 20.1 Å². The molecule has 0 atom stereocenters. The van der Waals surface area contributed by atoms with E-state index in [1.807, 2.05) is 104 Å². The fourth-order valence-corrected chi connectivity index (χ4v) is 8.55. The van der Waals surface area contributed by atoms with Crippen LogP contribution in [-0.4, -0.2) is 15.0 Å². The van der Waals surface area contributed by atoms with E-state index in [-0.39, 0.29) is 20.1 Å². The van der Waals surface area contributed by atoms with E-state index in [4.69, 9.17) is 0 Å². The van der Waals surface area contributed by atoms with Crippen LogP contribution in [0, 0.1) is 12.1 Å². The standard InChI is InChI=1S/C23H17N.2C23H16N.Ir/c3*1-2-8-18(9-3-1)19-10-6-11-20(16-19)21-12-7-13-22(17-21)23-14-4-5-15-24-23;/h1-17H;2*1-12,14-17H;/q;2*-1;. The van der Waals surface area contributed by atoms with Gasteiger partial charge in [0, 0.05) is 44.3 Å². The van der Waals surface area contributed by atoms with Gasteiger partial charge < -0.3 is 9.97 Å². The van der Waals surface area contributed by atoms with Gasteiger partial charge in [0.05, 0.1) is 5.69 Å². The van der Waals surface area contributed by atoms with E-state index >= 15 is 0 Å². The normalized spacial score (nSPS) is 10.4. The van der Waals surface area contributed by atoms with E-state index in [1.165, 1.54) is 66.8 Å². The molecule has 3 nitrogen and oxygen atoms in total. The molecule has 9 aromatic carbocycles. The number of rotatable bonds is 9. The maximum absolute atomic E-state index is 4.45. The molecule has 0 aliphatic carbocycles. The second-order valence-corrected chi connectivity index (χ2v) is 17.0. The van der Waals surface area contributed by atoms with Crippen molar-refractivity contribution in [3.63, 3.8) is 0 Å². The van der Waals surface area contributed by atoms with Gasteiger partial charge in [-0.1, -0.05) is 194 Å². The Bertz CT molecular complexity index is 2980. The van der Waals surface area contributed by atoms with Crippen LogP contribution in [0.3, 0.4) is 0 Å². The second kappa shape index (κ2) is 24.8. The minimum Gasteiger partial charge on any atom is -0.305 e. The minimum absolute atomic E-state index is 0. The summed E-state index contributed by atoms with van der Waals surface area (Å²) in [5, 5.41) is 0. The first-order valence-corrected chi connectivity index (χ1v) is 24.1. The van der Waals surface area contributed by atoms with Gasteiger partial charge in [0.2, 0.25) is 0 Å². The van der Waals surface area contributed by atoms with Crippen LogP contribution in [0.1, 0.15) is 0 Å². The van der Waals surface area contributed by atoms with Gasteiger partial charge in [-0.3, -0.25) is 4.98 Å². The van der Waals surface area contributed by atoms with Gasteiger partial charge in [-0.05, 0) is 116 Å². The number of aromatic nitrogens is 3. The third-order valence-electron chi connectivity index (χ3n) is 12.2. The summed E-state index contributed by atoms with van der Waals surface area (Å²) in [4.78, 5) is 13.3. The average molecular weight is 1110 g/mol. The fraction of sp³-hybridized carbons (Fsp3) is 0. The number of hydrogen-bond donors (Lipinski definition) is 0. The van der Waals surface area contributed by atoms with Crippen molar-refractivity contribution in [1.82, 2.24) is 15.0 Å². The summed E-state index contributed by atoms with van der Waals surface area (Å²) in [6.07, 6.45) is 5.45. The molecule has 0 N–H and O–H groups in total. The van der Waals surface area contributed by atoms with Crippen molar-refractivity contribution in [3.8, 4) is 101 Å². The van der Waals surface area contributed by atoms with Crippen LogP contribution < -0.4 is 0 Å². The average Bonchev–Trinajstić information content (AvgIpc) is 3.49. The van der Waals surface area contributed by atoms with E-state index < -0.39 is 0 Å². The molecule has 0 bridgehead atoms. The van der Waals surface area contributed by atoms with Gasteiger partial charge in [-0.15, -0.1) is 70.8 Å². The van der Waals surface area contributed by atoms with Gasteiger partial charge >= 0.3 is 0 Å². The Labute approximate surface area is 442 Å². The zero-order valence-electron chi connectivity index (χ0n) is 40.0. The maximum atomic E-state index is 4.45. The number of nitrogens with zero attached hydrogens (tertiary/aromatic N) is 3. The summed E-state index contributed by atoms with van der Waals surface area (Å²) in [7, 11) is 0. The molecule has 1 radical (unpaired) electrons. The smallest absolute Gasteiger partial charge is 0.0702 e. The van der Waals surface area contributed by atoms with Gasteiger partial charge in [-0.25, -0.2) is 0 Å². The van der Waals surface area contributed by atoms with Crippen molar-refractivity contribution >= 4 is 0 Å². The van der Waals surface area contributed by atoms with Crippen molar-refractivity contribution in [2.24, 2.45) is 0 Å². The molecule has 0 unspecified atom stereocenters. The van der Waals surface area contributed by atoms with E-state index in [9.17, 15) is 0 Å². The molecule has 73 heavy (non-hydrogen) atoms. The topological polar surface area (TPSA) is 38.7 Å². The first kappa shape index (κ1) is 49.1. The molecule has 0 aliphatic rings. The van der Waals surface area contributed by atoms with E-state index in [0.29, 0.717) is 0 Å². The van der Waals surface area contributed by atoms with Crippen molar-refractivity contribution in [2.75, 3.05) is 0 Å². The Balaban J connectivity index is 0.000000134. The monoisotopic (exact) mass is 1110 g/mol. The molecule has 12 rings (SSSR count). The molecule has 351 valence electrons. The Morgan fingerprint density at radius 3 is 0.795 bits per heavy atom. The van der Waals surface area contributed by atoms with Crippen LogP contribution in [0.2, 0.25) is 0 Å². The van der Waals surface area contributed by atoms with Crippen LogP contribution in [0.4, 0.5) is 0 Å². The number of hydrogen-bond acceptors (Lipinski definition) is 3. The molecule has 0 saturated carbocycles. The third kappa shape index (κ3) is 12.9. The number of benzene rings is 9. The largest absolute Gasteiger partial charge is 0.305 e. The molecule has 3 aromatic heterocycles. The molecule has 4 heteroatoms. The second-order valence-electron chi connectivity index (χ2n) is 17.0. The Morgan fingerprint density at radius 1 is 0.205 bits per heavy atom. The van der Waals surface area contributed by atoms with E-state index in [2.05, 4.69) is 221 Å². The summed E-state index contributed by atoms with van der Waals surface area (Å²) in [6, 6.07) is 103. The van der Waals surface area contributed by atoms with Gasteiger partial charge in [0.1, 0.15) is 0 Å². The third-order valence-corrected chi connectivity index (χ3v) is 12.2. The summed E-state index contributed by atoms with van der Waals surface area (Å²) in [5.41, 5.74) is 20.6. The van der Waals surface area contributed by atoms with Crippen LogP contribution >= 0.6 is 0 Å². The molecule has 0 fully saturated rings. The number of pyridine rings is 3. The molecule has 3 heterocycles. The SMILES string of the molecule is [Ir].[c-]1ccc(-c2cccc(-c3ccccc3)c2)cc1-c1ccccn1.[c-]1ccc(-c2cccc(-c3ccccc3)c2)cc1-c1ccccn1.c1ccc(-c2cccc(-c3cccc(-c4ccccn4)c3)c2)cc1. The summed E-state index contributed by atoms with van der Waals surface area (Å²) in [6.45, 7) is 0. The zero-order valence-corrected chi connectivity index (χ0v) is 42.4. The van der Waals surface area contributed by atoms with Crippen LogP contribution in [0.5, 0.6) is 0 Å². The van der Waals surface area contributed by atoms with Gasteiger partial charge in [0.25, 0.3) is 0 Å². The first-order valence-electron chi connectivity index (χ1n) is 24.1. The molecule has 0 amide bonds. The summed E-state index contributed by atoms with van der Waals surface area (Å²) >= 11 is 0. The molecule has 0 saturated heterocycles. The fourth-order valence-electron chi connectivity index (χ4n) is 8.55. The molecule has 12 aromatic rings. The van der Waals surface area contributed by atoms with Crippen molar-refractivity contribution in [3.05, 3.63) is 310 Å². The first-order chi connectivity index (χ1) is 35.7. The molecular weight excluding hydrogens is 1060 g/mol. The van der Waals surface area contributed by atoms with Crippen molar-refractivity contribution < 1.29 is 20.1 Å². The summed E-state index contributed by atoms with van der Waals surface area (Å²) < 4.78 is 0. The summed E-state index contributed by atoms with van der Waals surface area (Å²) in [5.74, 6) is 0. The van der Waals surface area contributed by atoms with E-state index in [0.717, 1.165) is 33.8 Å². The quantitative estimate of drug-likeness (QED) is 0.135. The predicted molar refractivity (Wildman–Crippen MR) is 299 cm³/mol. The Morgan fingerprint density at radius 2 is 0.466 bits per heavy atom. The van der Waals surface area contributed by atoms with Gasteiger partial charge in [-0.2, -0.15) is 0 Å². The van der Waals surface area contributed by atoms with Crippen LogP contribution in [0.25, 0.3) is 101 Å². The Kier molecular flexibility index (Phi) is 16.6. The van der Waals surface area contributed by atoms with Crippen LogP contribution in [0.15, 0.2) is 298 Å². The Hall–Kier alpha value is -8.92.